The molecule has 80 valence electrons. The Bertz CT molecular complexity index is 80.2. The molecular formula is C12H28Al-. The highest BCUT2D eigenvalue weighted by Crippen LogP contribution is 2.31. The van der Waals surface area contributed by atoms with Gasteiger partial charge in [-0.3, -0.25) is 0 Å². The molecule has 0 aliphatic carbocycles. The van der Waals surface area contributed by atoms with E-state index < -0.39 is 13.1 Å². The second-order valence-corrected chi connectivity index (χ2v) is 10.7. The first-order valence-electron chi connectivity index (χ1n) is 6.46. The van der Waals surface area contributed by atoms with Gasteiger partial charge in [0.2, 0.25) is 0 Å². The van der Waals surface area contributed by atoms with E-state index in [0.717, 1.165) is 0 Å². The summed E-state index contributed by atoms with van der Waals surface area (Å²) in [6, 6.07) is 0. The number of rotatable bonds is 8. The van der Waals surface area contributed by atoms with Crippen LogP contribution in [0.3, 0.4) is 0 Å². The lowest BCUT2D eigenvalue weighted by atomic mass is 10.5. The fourth-order valence-electron chi connectivity index (χ4n) is 3.32. The molecule has 0 rings (SSSR count). The Balaban J connectivity index is 4.19. The smallest absolute Gasteiger partial charge is 0.134 e. The van der Waals surface area contributed by atoms with Crippen LogP contribution in [0.4, 0.5) is 0 Å². The highest BCUT2D eigenvalue weighted by Gasteiger charge is 2.24. The molecule has 0 N–H and O–H groups in total. The monoisotopic (exact) mass is 199 g/mol. The molecule has 0 aromatic carbocycles. The summed E-state index contributed by atoms with van der Waals surface area (Å²) >= 11 is -1.09. The average molecular weight is 199 g/mol. The van der Waals surface area contributed by atoms with Crippen molar-refractivity contribution in [1.82, 2.24) is 0 Å². The summed E-state index contributed by atoms with van der Waals surface area (Å²) in [6.07, 6.45) is 5.74. The minimum atomic E-state index is -1.09. The normalized spacial score (nSPS) is 12.0. The molecule has 0 bridgehead atoms. The van der Waals surface area contributed by atoms with Crippen molar-refractivity contribution in [2.75, 3.05) is 0 Å². The molecule has 0 atom stereocenters. The van der Waals surface area contributed by atoms with E-state index in [0.29, 0.717) is 0 Å². The second kappa shape index (κ2) is 7.89. The molecule has 0 nitrogen and oxygen atoms in total. The third-order valence-electron chi connectivity index (χ3n) is 3.60. The number of hydrogen-bond donors (Lipinski definition) is 0. The van der Waals surface area contributed by atoms with Crippen LogP contribution < -0.4 is 0 Å². The third-order valence-corrected chi connectivity index (χ3v) is 10.8. The van der Waals surface area contributed by atoms with E-state index in [9.17, 15) is 0 Å². The lowest BCUT2D eigenvalue weighted by Crippen LogP contribution is -2.32. The summed E-state index contributed by atoms with van der Waals surface area (Å²) in [5.41, 5.74) is 0. The fourth-order valence-corrected chi connectivity index (χ4v) is 9.95. The summed E-state index contributed by atoms with van der Waals surface area (Å²) < 4.78 is 0. The second-order valence-electron chi connectivity index (χ2n) is 4.89. The molecule has 0 heterocycles. The first kappa shape index (κ1) is 13.5. The summed E-state index contributed by atoms with van der Waals surface area (Å²) in [7, 11) is 0. The minimum absolute atomic E-state index is 1.09. The third kappa shape index (κ3) is 5.09. The van der Waals surface area contributed by atoms with Crippen LogP contribution in [0.2, 0.25) is 21.1 Å². The molecule has 0 aromatic rings. The molecule has 0 saturated carbocycles. The van der Waals surface area contributed by atoms with Gasteiger partial charge >= 0.3 is 0 Å². The Morgan fingerprint density at radius 3 is 0.923 bits per heavy atom. The van der Waals surface area contributed by atoms with Crippen molar-refractivity contribution in [3.8, 4) is 0 Å². The zero-order valence-electron chi connectivity index (χ0n) is 10.2. The van der Waals surface area contributed by atoms with E-state index >= 15 is 0 Å². The van der Waals surface area contributed by atoms with Crippen LogP contribution in [-0.2, 0) is 0 Å². The van der Waals surface area contributed by atoms with Crippen molar-refractivity contribution < 1.29 is 0 Å². The summed E-state index contributed by atoms with van der Waals surface area (Å²) in [5, 5.41) is 6.45. The molecule has 0 radical (unpaired) electrons. The van der Waals surface area contributed by atoms with Crippen LogP contribution in [0.15, 0.2) is 0 Å². The maximum atomic E-state index is 2.37. The van der Waals surface area contributed by atoms with Gasteiger partial charge in [0, 0.05) is 0 Å². The molecule has 13 heavy (non-hydrogen) atoms. The molecule has 0 aliphatic heterocycles. The largest absolute Gasteiger partial charge is 0.192 e. The van der Waals surface area contributed by atoms with E-state index in [-0.39, 0.29) is 0 Å². The Morgan fingerprint density at radius 1 is 0.538 bits per heavy atom. The molecule has 0 aromatic heterocycles. The van der Waals surface area contributed by atoms with Crippen LogP contribution in [0, 0.1) is 0 Å². The van der Waals surface area contributed by atoms with E-state index in [1.165, 1.54) is 25.7 Å². The fraction of sp³-hybridized carbons (Fsp3) is 1.00. The Morgan fingerprint density at radius 2 is 0.769 bits per heavy atom. The van der Waals surface area contributed by atoms with Gasteiger partial charge in [0.15, 0.2) is 0 Å². The topological polar surface area (TPSA) is 0 Å². The SMILES string of the molecule is CC[CH2][Al-]([CH2]CC)([CH2]CC)[CH2]CC. The van der Waals surface area contributed by atoms with Crippen molar-refractivity contribution in [2.24, 2.45) is 0 Å². The molecule has 0 aliphatic rings. The maximum absolute atomic E-state index is 2.37. The van der Waals surface area contributed by atoms with E-state index in [4.69, 9.17) is 0 Å². The van der Waals surface area contributed by atoms with Crippen LogP contribution >= 0.6 is 0 Å². The Labute approximate surface area is 87.8 Å². The zero-order chi connectivity index (χ0) is 10.2. The standard InChI is InChI=1S/4C3H7.Al/c4*1-3-2;/h4*1,3H2,2H3;/q;;;;-1. The van der Waals surface area contributed by atoms with E-state index in [2.05, 4.69) is 27.7 Å². The van der Waals surface area contributed by atoms with Gasteiger partial charge in [0.05, 0.1) is 0 Å². The Hall–Kier alpha value is 0.532. The quantitative estimate of drug-likeness (QED) is 0.478. The summed E-state index contributed by atoms with van der Waals surface area (Å²) in [4.78, 5) is 0. The molecular weight excluding hydrogens is 171 g/mol. The summed E-state index contributed by atoms with van der Waals surface area (Å²) in [6.45, 7) is 9.48. The molecule has 0 saturated heterocycles. The van der Waals surface area contributed by atoms with Crippen molar-refractivity contribution in [3.63, 3.8) is 0 Å². The van der Waals surface area contributed by atoms with Crippen molar-refractivity contribution in [2.45, 2.75) is 74.5 Å². The molecule has 0 amide bonds. The first-order chi connectivity index (χ1) is 6.24. The average Bonchev–Trinajstić information content (AvgIpc) is 2.06. The van der Waals surface area contributed by atoms with Crippen molar-refractivity contribution in [3.05, 3.63) is 0 Å². The van der Waals surface area contributed by atoms with Crippen LogP contribution in [0.25, 0.3) is 0 Å². The summed E-state index contributed by atoms with van der Waals surface area (Å²) in [5.74, 6) is 0. The molecule has 1 heteroatoms. The maximum Gasteiger partial charge on any atom is 0.134 e. The van der Waals surface area contributed by atoms with Gasteiger partial charge in [0.1, 0.15) is 13.1 Å². The van der Waals surface area contributed by atoms with Gasteiger partial charge in [-0.1, -0.05) is 53.4 Å². The lowest BCUT2D eigenvalue weighted by Gasteiger charge is -2.35. The predicted molar refractivity (Wildman–Crippen MR) is 66.1 cm³/mol. The highest BCUT2D eigenvalue weighted by molar-refractivity contribution is 6.79. The van der Waals surface area contributed by atoms with Crippen LogP contribution in [0.5, 0.6) is 0 Å². The number of hydrogen-bond acceptors (Lipinski definition) is 0. The minimum Gasteiger partial charge on any atom is -0.192 e. The van der Waals surface area contributed by atoms with Gasteiger partial charge in [-0.25, -0.2) is 0 Å². The van der Waals surface area contributed by atoms with Crippen LogP contribution in [0.1, 0.15) is 53.4 Å². The van der Waals surface area contributed by atoms with Gasteiger partial charge in [-0.15, -0.1) is 0 Å². The van der Waals surface area contributed by atoms with Crippen LogP contribution in [-0.4, -0.2) is 13.1 Å². The van der Waals surface area contributed by atoms with E-state index in [1.54, 1.807) is 21.1 Å². The lowest BCUT2D eigenvalue weighted by molar-refractivity contribution is 0.881. The predicted octanol–water partition coefficient (Wildman–Crippen LogP) is 5.08. The van der Waals surface area contributed by atoms with Gasteiger partial charge in [-0.2, -0.15) is 21.1 Å². The first-order valence-corrected chi connectivity index (χ1v) is 9.73. The van der Waals surface area contributed by atoms with E-state index in [1.807, 2.05) is 0 Å². The van der Waals surface area contributed by atoms with Gasteiger partial charge in [-0.05, 0) is 0 Å². The highest BCUT2D eigenvalue weighted by atomic mass is 27.2. The molecule has 0 fully saturated rings. The zero-order valence-corrected chi connectivity index (χ0v) is 11.4. The van der Waals surface area contributed by atoms with Gasteiger partial charge in [0.25, 0.3) is 0 Å². The molecule has 0 spiro atoms. The Kier molecular flexibility index (Phi) is 8.22. The van der Waals surface area contributed by atoms with Crippen molar-refractivity contribution in [1.29, 1.82) is 0 Å². The van der Waals surface area contributed by atoms with Crippen molar-refractivity contribution >= 4 is 13.1 Å². The molecule has 0 unspecified atom stereocenters. The van der Waals surface area contributed by atoms with Gasteiger partial charge < -0.3 is 0 Å².